The van der Waals surface area contributed by atoms with Crippen molar-refractivity contribution in [2.45, 2.75) is 13.0 Å². The van der Waals surface area contributed by atoms with E-state index in [0.717, 1.165) is 23.3 Å². The van der Waals surface area contributed by atoms with Gasteiger partial charge in [-0.2, -0.15) is 0 Å². The Morgan fingerprint density at radius 1 is 1.23 bits per heavy atom. The van der Waals surface area contributed by atoms with Crippen molar-refractivity contribution in [2.24, 2.45) is 0 Å². The minimum atomic E-state index is -0.562. The van der Waals surface area contributed by atoms with Crippen LogP contribution >= 0.6 is 15.9 Å². The lowest BCUT2D eigenvalue weighted by atomic mass is 10.3. The van der Waals surface area contributed by atoms with Crippen LogP contribution in [0.2, 0.25) is 0 Å². The molecule has 0 unspecified atom stereocenters. The molecule has 0 radical (unpaired) electrons. The summed E-state index contributed by atoms with van der Waals surface area (Å²) in [4.78, 5) is 15.5. The molecule has 0 saturated carbocycles. The number of carbonyl (C=O) groups is 1. The molecule has 1 aliphatic heterocycles. The Morgan fingerprint density at radius 2 is 1.96 bits per heavy atom. The monoisotopic (exact) mass is 430 g/mol. The highest BCUT2D eigenvalue weighted by molar-refractivity contribution is 9.10. The molecule has 0 bridgehead atoms. The van der Waals surface area contributed by atoms with Gasteiger partial charge in [0, 0.05) is 32.7 Å². The number of para-hydroxylation sites is 1. The molecule has 1 atom stereocenters. The number of amides is 1. The maximum Gasteiger partial charge on any atom is 0.409 e. The SMILES string of the molecule is CCOC(=O)N1CCN(C[C@H](O)COCCOc2ccccc2Br)CC1. The molecule has 7 nitrogen and oxygen atoms in total. The summed E-state index contributed by atoms with van der Waals surface area (Å²) < 4.78 is 17.0. The molecule has 146 valence electrons. The van der Waals surface area contributed by atoms with E-state index in [9.17, 15) is 9.90 Å². The van der Waals surface area contributed by atoms with Gasteiger partial charge in [-0.15, -0.1) is 0 Å². The summed E-state index contributed by atoms with van der Waals surface area (Å²) in [6.45, 7) is 6.50. The van der Waals surface area contributed by atoms with Gasteiger partial charge in [0.2, 0.25) is 0 Å². The highest BCUT2D eigenvalue weighted by Gasteiger charge is 2.23. The number of halogens is 1. The second-order valence-corrected chi connectivity index (χ2v) is 6.85. The van der Waals surface area contributed by atoms with Crippen LogP contribution < -0.4 is 4.74 Å². The smallest absolute Gasteiger partial charge is 0.409 e. The van der Waals surface area contributed by atoms with E-state index in [4.69, 9.17) is 14.2 Å². The number of aliphatic hydroxyl groups excluding tert-OH is 1. The molecule has 0 aliphatic carbocycles. The largest absolute Gasteiger partial charge is 0.490 e. The topological polar surface area (TPSA) is 71.5 Å². The summed E-state index contributed by atoms with van der Waals surface area (Å²) in [5.41, 5.74) is 0. The first-order chi connectivity index (χ1) is 12.6. The predicted molar refractivity (Wildman–Crippen MR) is 101 cm³/mol. The molecule has 0 aromatic heterocycles. The van der Waals surface area contributed by atoms with E-state index in [1.54, 1.807) is 11.8 Å². The number of nitrogens with zero attached hydrogens (tertiary/aromatic N) is 2. The van der Waals surface area contributed by atoms with Crippen LogP contribution in [0.15, 0.2) is 28.7 Å². The number of hydrogen-bond acceptors (Lipinski definition) is 6. The molecule has 1 heterocycles. The first-order valence-corrected chi connectivity index (χ1v) is 9.66. The summed E-state index contributed by atoms with van der Waals surface area (Å²) in [5.74, 6) is 0.774. The van der Waals surface area contributed by atoms with E-state index in [1.165, 1.54) is 0 Å². The van der Waals surface area contributed by atoms with Gasteiger partial charge in [-0.25, -0.2) is 4.79 Å². The maximum atomic E-state index is 11.7. The summed E-state index contributed by atoms with van der Waals surface area (Å²) in [6, 6.07) is 7.64. The van der Waals surface area contributed by atoms with Crippen LogP contribution in [0.4, 0.5) is 4.79 Å². The van der Waals surface area contributed by atoms with E-state index in [1.807, 2.05) is 24.3 Å². The van der Waals surface area contributed by atoms with E-state index < -0.39 is 6.10 Å². The van der Waals surface area contributed by atoms with Gasteiger partial charge < -0.3 is 24.2 Å². The van der Waals surface area contributed by atoms with Crippen LogP contribution in [0.25, 0.3) is 0 Å². The maximum absolute atomic E-state index is 11.7. The number of benzene rings is 1. The van der Waals surface area contributed by atoms with Crippen molar-refractivity contribution in [3.05, 3.63) is 28.7 Å². The molecule has 1 aromatic rings. The summed E-state index contributed by atoms with van der Waals surface area (Å²) >= 11 is 3.42. The molecule has 0 spiro atoms. The molecule has 1 aliphatic rings. The molecule has 1 saturated heterocycles. The fourth-order valence-corrected chi connectivity index (χ4v) is 3.07. The quantitative estimate of drug-likeness (QED) is 0.603. The van der Waals surface area contributed by atoms with Crippen LogP contribution in [0.3, 0.4) is 0 Å². The fraction of sp³-hybridized carbons (Fsp3) is 0.611. The Bertz CT molecular complexity index is 552. The Morgan fingerprint density at radius 3 is 2.65 bits per heavy atom. The van der Waals surface area contributed by atoms with Gasteiger partial charge in [-0.3, -0.25) is 4.90 Å². The van der Waals surface area contributed by atoms with E-state index >= 15 is 0 Å². The zero-order valence-corrected chi connectivity index (χ0v) is 16.7. The lowest BCUT2D eigenvalue weighted by Crippen LogP contribution is -2.51. The minimum absolute atomic E-state index is 0.261. The Labute approximate surface area is 162 Å². The molecule has 8 heteroatoms. The lowest BCUT2D eigenvalue weighted by molar-refractivity contribution is -0.000140. The zero-order valence-electron chi connectivity index (χ0n) is 15.1. The van der Waals surface area contributed by atoms with E-state index in [2.05, 4.69) is 20.8 Å². The Hall–Kier alpha value is -1.35. The van der Waals surface area contributed by atoms with Gasteiger partial charge in [0.05, 0.1) is 30.4 Å². The first-order valence-electron chi connectivity index (χ1n) is 8.87. The fourth-order valence-electron chi connectivity index (χ4n) is 2.67. The molecule has 1 fully saturated rings. The number of rotatable bonds is 9. The van der Waals surface area contributed by atoms with Crippen molar-refractivity contribution in [1.29, 1.82) is 0 Å². The summed E-state index contributed by atoms with van der Waals surface area (Å²) in [7, 11) is 0. The number of β-amino-alcohol motifs (C(OH)–C–C–N with tert-alkyl or cyclic N) is 1. The molecule has 1 aromatic carbocycles. The van der Waals surface area contributed by atoms with Gasteiger partial charge in [-0.05, 0) is 35.0 Å². The summed E-state index contributed by atoms with van der Waals surface area (Å²) in [5, 5.41) is 10.1. The molecule has 1 amide bonds. The highest BCUT2D eigenvalue weighted by Crippen LogP contribution is 2.23. The highest BCUT2D eigenvalue weighted by atomic mass is 79.9. The van der Waals surface area contributed by atoms with Crippen molar-refractivity contribution in [3.8, 4) is 5.75 Å². The predicted octanol–water partition coefficient (Wildman–Crippen LogP) is 1.98. The van der Waals surface area contributed by atoms with E-state index in [0.29, 0.717) is 39.5 Å². The van der Waals surface area contributed by atoms with Crippen molar-refractivity contribution < 1.29 is 24.1 Å². The van der Waals surface area contributed by atoms with Crippen LogP contribution in [0.5, 0.6) is 5.75 Å². The zero-order chi connectivity index (χ0) is 18.8. The number of aliphatic hydroxyl groups is 1. The third-order valence-electron chi connectivity index (χ3n) is 4.00. The van der Waals surface area contributed by atoms with Gasteiger partial charge in [0.15, 0.2) is 0 Å². The van der Waals surface area contributed by atoms with Gasteiger partial charge in [-0.1, -0.05) is 12.1 Å². The Balaban J connectivity index is 1.55. The first kappa shape index (κ1) is 21.0. The molecule has 1 N–H and O–H groups in total. The van der Waals surface area contributed by atoms with Crippen LogP contribution in [-0.2, 0) is 9.47 Å². The number of hydrogen-bond donors (Lipinski definition) is 1. The second kappa shape index (κ2) is 11.4. The number of piperazine rings is 1. The molecular weight excluding hydrogens is 404 g/mol. The van der Waals surface area contributed by atoms with Crippen LogP contribution in [-0.4, -0.2) is 86.3 Å². The third-order valence-corrected chi connectivity index (χ3v) is 4.65. The van der Waals surface area contributed by atoms with Crippen molar-refractivity contribution in [2.75, 3.05) is 59.2 Å². The van der Waals surface area contributed by atoms with Crippen molar-refractivity contribution in [1.82, 2.24) is 9.80 Å². The van der Waals surface area contributed by atoms with Gasteiger partial charge >= 0.3 is 6.09 Å². The lowest BCUT2D eigenvalue weighted by Gasteiger charge is -2.34. The Kier molecular flexibility index (Phi) is 9.17. The normalized spacial score (nSPS) is 16.3. The number of carbonyl (C=O) groups excluding carboxylic acids is 1. The van der Waals surface area contributed by atoms with Gasteiger partial charge in [0.25, 0.3) is 0 Å². The minimum Gasteiger partial charge on any atom is -0.490 e. The van der Waals surface area contributed by atoms with Crippen molar-refractivity contribution >= 4 is 22.0 Å². The molecular formula is C18H27BrN2O5. The second-order valence-electron chi connectivity index (χ2n) is 5.99. The summed E-state index contributed by atoms with van der Waals surface area (Å²) in [6.07, 6.45) is -0.825. The third kappa shape index (κ3) is 7.11. The average molecular weight is 431 g/mol. The van der Waals surface area contributed by atoms with Crippen LogP contribution in [0, 0.1) is 0 Å². The average Bonchev–Trinajstić information content (AvgIpc) is 2.63. The molecule has 2 rings (SSSR count). The molecule has 26 heavy (non-hydrogen) atoms. The number of ether oxygens (including phenoxy) is 3. The van der Waals surface area contributed by atoms with Gasteiger partial charge in [0.1, 0.15) is 12.4 Å². The van der Waals surface area contributed by atoms with E-state index in [-0.39, 0.29) is 12.7 Å². The van der Waals surface area contributed by atoms with Crippen molar-refractivity contribution in [3.63, 3.8) is 0 Å². The van der Waals surface area contributed by atoms with Crippen LogP contribution in [0.1, 0.15) is 6.92 Å². The standard InChI is InChI=1S/C18H27BrN2O5/c1-2-25-18(23)21-9-7-20(8-10-21)13-15(22)14-24-11-12-26-17-6-4-3-5-16(17)19/h3-6,15,22H,2,7-14H2,1H3/t15-/m0/s1.